The monoisotopic (exact) mass is 294 g/mol. The Hall–Kier alpha value is -0.970. The van der Waals surface area contributed by atoms with Gasteiger partial charge in [-0.2, -0.15) is 11.8 Å². The smallest absolute Gasteiger partial charge is 0.137 e. The van der Waals surface area contributed by atoms with Gasteiger partial charge in [-0.15, -0.1) is 0 Å². The lowest BCUT2D eigenvalue weighted by Gasteiger charge is -2.39. The Morgan fingerprint density at radius 1 is 1.35 bits per heavy atom. The van der Waals surface area contributed by atoms with Gasteiger partial charge in [-0.05, 0) is 27.2 Å². The summed E-state index contributed by atoms with van der Waals surface area (Å²) < 4.78 is 0.292. The predicted octanol–water partition coefficient (Wildman–Crippen LogP) is 3.11. The second-order valence-corrected chi connectivity index (χ2v) is 7.77. The Morgan fingerprint density at radius 2 is 2.10 bits per heavy atom. The van der Waals surface area contributed by atoms with Crippen molar-refractivity contribution >= 4 is 23.4 Å². The summed E-state index contributed by atoms with van der Waals surface area (Å²) in [7, 11) is 1.94. The highest BCUT2D eigenvalue weighted by Gasteiger charge is 2.29. The number of nitrogens with zero attached hydrogens (tertiary/aromatic N) is 3. The van der Waals surface area contributed by atoms with Crippen LogP contribution in [0.25, 0.3) is 0 Å². The van der Waals surface area contributed by atoms with E-state index in [-0.39, 0.29) is 0 Å². The second kappa shape index (κ2) is 6.20. The van der Waals surface area contributed by atoms with E-state index in [1.54, 1.807) is 0 Å². The van der Waals surface area contributed by atoms with Gasteiger partial charge in [0.2, 0.25) is 0 Å². The van der Waals surface area contributed by atoms with Crippen LogP contribution in [-0.4, -0.2) is 40.6 Å². The highest BCUT2D eigenvalue weighted by molar-refractivity contribution is 8.00. The van der Waals surface area contributed by atoms with Crippen LogP contribution in [0, 0.1) is 6.92 Å². The molecule has 0 spiro atoms. The first-order valence-electron chi connectivity index (χ1n) is 7.41. The van der Waals surface area contributed by atoms with Crippen LogP contribution < -0.4 is 10.2 Å². The summed E-state index contributed by atoms with van der Waals surface area (Å²) in [5.41, 5.74) is 1.16. The number of anilines is 2. The van der Waals surface area contributed by atoms with Gasteiger partial charge in [-0.3, -0.25) is 0 Å². The van der Waals surface area contributed by atoms with Crippen LogP contribution >= 0.6 is 11.8 Å². The lowest BCUT2D eigenvalue weighted by Crippen LogP contribution is -2.44. The molecule has 1 saturated heterocycles. The van der Waals surface area contributed by atoms with Crippen molar-refractivity contribution in [2.75, 3.05) is 36.1 Å². The topological polar surface area (TPSA) is 41.1 Å². The van der Waals surface area contributed by atoms with E-state index in [4.69, 9.17) is 4.98 Å². The van der Waals surface area contributed by atoms with E-state index in [0.717, 1.165) is 54.7 Å². The maximum atomic E-state index is 4.83. The van der Waals surface area contributed by atoms with Crippen molar-refractivity contribution in [1.29, 1.82) is 0 Å². The minimum Gasteiger partial charge on any atom is -0.373 e. The van der Waals surface area contributed by atoms with Gasteiger partial charge in [0.1, 0.15) is 17.5 Å². The largest absolute Gasteiger partial charge is 0.373 e. The molecule has 0 amide bonds. The third kappa shape index (κ3) is 3.37. The van der Waals surface area contributed by atoms with Gasteiger partial charge in [0.25, 0.3) is 0 Å². The number of aryl methyl sites for hydroxylation is 1. The number of thioether (sulfide) groups is 1. The summed E-state index contributed by atoms with van der Waals surface area (Å²) >= 11 is 2.05. The molecule has 0 aliphatic carbocycles. The normalized spacial score (nSPS) is 18.1. The van der Waals surface area contributed by atoms with E-state index in [0.29, 0.717) is 4.75 Å². The molecule has 1 N–H and O–H groups in total. The Balaban J connectivity index is 2.36. The van der Waals surface area contributed by atoms with Crippen LogP contribution in [0.2, 0.25) is 0 Å². The summed E-state index contributed by atoms with van der Waals surface area (Å²) in [6, 6.07) is 0. The van der Waals surface area contributed by atoms with Gasteiger partial charge in [0.05, 0.1) is 0 Å². The van der Waals surface area contributed by atoms with E-state index in [1.807, 2.05) is 18.8 Å². The fraction of sp³-hybridized carbons (Fsp3) is 0.733. The molecule has 0 saturated carbocycles. The molecule has 2 rings (SSSR count). The molecule has 112 valence electrons. The molecule has 20 heavy (non-hydrogen) atoms. The van der Waals surface area contributed by atoms with Gasteiger partial charge in [-0.25, -0.2) is 9.97 Å². The van der Waals surface area contributed by atoms with Crippen LogP contribution in [0.15, 0.2) is 0 Å². The van der Waals surface area contributed by atoms with Gasteiger partial charge in [0.15, 0.2) is 0 Å². The molecule has 1 aromatic rings. The Labute approximate surface area is 126 Å². The first-order chi connectivity index (χ1) is 9.46. The molecular formula is C15H26N4S. The number of hydrogen-bond acceptors (Lipinski definition) is 5. The zero-order chi connectivity index (χ0) is 14.8. The maximum Gasteiger partial charge on any atom is 0.137 e. The summed E-state index contributed by atoms with van der Waals surface area (Å²) in [4.78, 5) is 11.9. The Kier molecular flexibility index (Phi) is 4.78. The van der Waals surface area contributed by atoms with Crippen LogP contribution in [0.3, 0.4) is 0 Å². The molecule has 0 aromatic carbocycles. The molecule has 2 heterocycles. The number of aromatic nitrogens is 2. The fourth-order valence-corrected chi connectivity index (χ4v) is 3.75. The third-order valence-electron chi connectivity index (χ3n) is 3.60. The number of rotatable bonds is 4. The summed E-state index contributed by atoms with van der Waals surface area (Å²) in [6.07, 6.45) is 2.01. The first-order valence-corrected chi connectivity index (χ1v) is 8.39. The zero-order valence-electron chi connectivity index (χ0n) is 13.3. The molecule has 0 unspecified atom stereocenters. The molecule has 0 radical (unpaired) electrons. The second-order valence-electron chi connectivity index (χ2n) is 5.97. The predicted molar refractivity (Wildman–Crippen MR) is 89.1 cm³/mol. The zero-order valence-corrected chi connectivity index (χ0v) is 14.1. The fourth-order valence-electron chi connectivity index (χ4n) is 2.63. The van der Waals surface area contributed by atoms with E-state index in [1.165, 1.54) is 0 Å². The van der Waals surface area contributed by atoms with E-state index in [2.05, 4.69) is 42.9 Å². The number of nitrogens with one attached hydrogen (secondary N) is 1. The quantitative estimate of drug-likeness (QED) is 0.924. The molecular weight excluding hydrogens is 268 g/mol. The van der Waals surface area contributed by atoms with Crippen LogP contribution in [0.4, 0.5) is 11.6 Å². The lowest BCUT2D eigenvalue weighted by molar-refractivity contribution is 0.638. The molecule has 0 atom stereocenters. The average Bonchev–Trinajstić information content (AvgIpc) is 2.39. The van der Waals surface area contributed by atoms with Crippen molar-refractivity contribution in [3.63, 3.8) is 0 Å². The Bertz CT molecular complexity index is 473. The summed E-state index contributed by atoms with van der Waals surface area (Å²) in [6.45, 7) is 11.0. The van der Waals surface area contributed by atoms with E-state index >= 15 is 0 Å². The molecule has 1 aliphatic rings. The average molecular weight is 294 g/mol. The standard InChI is InChI=1S/C15H26N4S/c1-6-7-12-17-13(16-5)11(2)14(18-12)19-8-9-20-15(3,4)10-19/h6-10H2,1-5H3,(H,16,17,18). The molecule has 4 nitrogen and oxygen atoms in total. The van der Waals surface area contributed by atoms with Crippen LogP contribution in [0.5, 0.6) is 0 Å². The van der Waals surface area contributed by atoms with Crippen molar-refractivity contribution in [1.82, 2.24) is 9.97 Å². The van der Waals surface area contributed by atoms with Gasteiger partial charge in [-0.1, -0.05) is 6.92 Å². The van der Waals surface area contributed by atoms with Crippen LogP contribution in [0.1, 0.15) is 38.6 Å². The number of hydrogen-bond donors (Lipinski definition) is 1. The molecule has 1 aliphatic heterocycles. The minimum atomic E-state index is 0.292. The van der Waals surface area contributed by atoms with E-state index in [9.17, 15) is 0 Å². The SMILES string of the molecule is CCCc1nc(NC)c(C)c(N2CCSC(C)(C)C2)n1. The van der Waals surface area contributed by atoms with Crippen molar-refractivity contribution in [3.05, 3.63) is 11.4 Å². The van der Waals surface area contributed by atoms with Crippen molar-refractivity contribution in [2.45, 2.75) is 45.3 Å². The Morgan fingerprint density at radius 3 is 2.70 bits per heavy atom. The van der Waals surface area contributed by atoms with Gasteiger partial charge >= 0.3 is 0 Å². The van der Waals surface area contributed by atoms with Crippen molar-refractivity contribution < 1.29 is 0 Å². The molecule has 1 aromatic heterocycles. The molecule has 1 fully saturated rings. The highest BCUT2D eigenvalue weighted by atomic mass is 32.2. The highest BCUT2D eigenvalue weighted by Crippen LogP contribution is 2.33. The molecule has 5 heteroatoms. The van der Waals surface area contributed by atoms with Crippen molar-refractivity contribution in [3.8, 4) is 0 Å². The van der Waals surface area contributed by atoms with Crippen LogP contribution in [-0.2, 0) is 6.42 Å². The van der Waals surface area contributed by atoms with Crippen molar-refractivity contribution in [2.24, 2.45) is 0 Å². The third-order valence-corrected chi connectivity index (χ3v) is 4.90. The minimum absolute atomic E-state index is 0.292. The summed E-state index contributed by atoms with van der Waals surface area (Å²) in [5, 5.41) is 3.21. The molecule has 0 bridgehead atoms. The lowest BCUT2D eigenvalue weighted by atomic mass is 10.1. The maximum absolute atomic E-state index is 4.83. The first kappa shape index (κ1) is 15.4. The summed E-state index contributed by atoms with van der Waals surface area (Å²) in [5.74, 6) is 4.19. The van der Waals surface area contributed by atoms with E-state index < -0.39 is 0 Å². The van der Waals surface area contributed by atoms with Gasteiger partial charge < -0.3 is 10.2 Å². The van der Waals surface area contributed by atoms with Gasteiger partial charge in [0, 0.05) is 42.6 Å².